The summed E-state index contributed by atoms with van der Waals surface area (Å²) in [6, 6.07) is 5.47. The molecule has 2 fully saturated rings. The van der Waals surface area contributed by atoms with Gasteiger partial charge in [0.15, 0.2) is 0 Å². The van der Waals surface area contributed by atoms with Crippen LogP contribution in [-0.4, -0.2) is 55.3 Å². The number of ether oxygens (including phenoxy) is 1. The summed E-state index contributed by atoms with van der Waals surface area (Å²) in [4.78, 5) is 8.83. The molecule has 0 bridgehead atoms. The normalized spacial score (nSPS) is 24.2. The molecule has 5 nitrogen and oxygen atoms in total. The third kappa shape index (κ3) is 2.32. The number of nitriles is 1. The van der Waals surface area contributed by atoms with Crippen LogP contribution in [0.2, 0.25) is 0 Å². The Balaban J connectivity index is 1.85. The molecule has 2 unspecified atom stereocenters. The molecule has 3 heterocycles. The summed E-state index contributed by atoms with van der Waals surface area (Å²) in [6.45, 7) is 4.95. The van der Waals surface area contributed by atoms with Crippen LogP contribution in [0.25, 0.3) is 10.9 Å². The van der Waals surface area contributed by atoms with Gasteiger partial charge in [0.2, 0.25) is 0 Å². The van der Waals surface area contributed by atoms with Crippen LogP contribution in [-0.2, 0) is 4.74 Å². The molecular weight excluding hydrogens is 307 g/mol. The highest BCUT2D eigenvalue weighted by Gasteiger charge is 2.39. The van der Waals surface area contributed by atoms with Gasteiger partial charge in [-0.25, -0.2) is 4.39 Å². The molecule has 0 aliphatic carbocycles. The van der Waals surface area contributed by atoms with Crippen molar-refractivity contribution in [2.24, 2.45) is 0 Å². The van der Waals surface area contributed by atoms with Crippen molar-refractivity contribution in [3.63, 3.8) is 0 Å². The second-order valence-corrected chi connectivity index (χ2v) is 6.61. The summed E-state index contributed by atoms with van der Waals surface area (Å²) in [6.07, 6.45) is 1.71. The summed E-state index contributed by atoms with van der Waals surface area (Å²) < 4.78 is 19.9. The van der Waals surface area contributed by atoms with Crippen molar-refractivity contribution in [3.8, 4) is 6.07 Å². The van der Waals surface area contributed by atoms with Crippen LogP contribution in [0.3, 0.4) is 0 Å². The first-order valence-electron chi connectivity index (χ1n) is 8.14. The minimum absolute atomic E-state index is 0.119. The van der Waals surface area contributed by atoms with Gasteiger partial charge in [0.05, 0.1) is 35.5 Å². The van der Waals surface area contributed by atoms with E-state index in [1.807, 2.05) is 6.92 Å². The number of anilines is 1. The molecule has 2 aromatic rings. The first-order valence-corrected chi connectivity index (χ1v) is 8.14. The van der Waals surface area contributed by atoms with Crippen LogP contribution >= 0.6 is 0 Å². The van der Waals surface area contributed by atoms with Gasteiger partial charge in [-0.2, -0.15) is 5.26 Å². The zero-order valence-electron chi connectivity index (χ0n) is 13.8. The van der Waals surface area contributed by atoms with Gasteiger partial charge in [0.25, 0.3) is 0 Å². The Labute approximate surface area is 140 Å². The average molecular weight is 326 g/mol. The molecule has 2 aliphatic rings. The summed E-state index contributed by atoms with van der Waals surface area (Å²) in [5, 5.41) is 10.2. The van der Waals surface area contributed by atoms with E-state index in [-0.39, 0.29) is 11.9 Å². The summed E-state index contributed by atoms with van der Waals surface area (Å²) >= 11 is 0. The number of nitrogens with zero attached hydrogens (tertiary/aromatic N) is 4. The molecule has 1 aromatic heterocycles. The molecule has 4 rings (SSSR count). The SMILES string of the molecule is Cc1cc(F)cc2c(N3CC4OCCN(C)C4C3)c(C#N)cnc12. The summed E-state index contributed by atoms with van der Waals surface area (Å²) in [5.74, 6) is -0.303. The molecule has 124 valence electrons. The van der Waals surface area contributed by atoms with Gasteiger partial charge in [-0.1, -0.05) is 0 Å². The molecule has 24 heavy (non-hydrogen) atoms. The number of hydrogen-bond acceptors (Lipinski definition) is 5. The second-order valence-electron chi connectivity index (χ2n) is 6.61. The molecule has 0 saturated carbocycles. The number of pyridine rings is 1. The molecule has 0 radical (unpaired) electrons. The Hall–Kier alpha value is -2.23. The van der Waals surface area contributed by atoms with E-state index in [1.54, 1.807) is 6.20 Å². The van der Waals surface area contributed by atoms with Crippen molar-refractivity contribution in [1.82, 2.24) is 9.88 Å². The van der Waals surface area contributed by atoms with Crippen molar-refractivity contribution < 1.29 is 9.13 Å². The van der Waals surface area contributed by atoms with E-state index in [2.05, 4.69) is 27.9 Å². The Kier molecular flexibility index (Phi) is 3.63. The van der Waals surface area contributed by atoms with Gasteiger partial charge in [-0.05, 0) is 31.7 Å². The number of fused-ring (bicyclic) bond motifs is 2. The fraction of sp³-hybridized carbons (Fsp3) is 0.444. The minimum Gasteiger partial charge on any atom is -0.373 e. The molecule has 2 atom stereocenters. The Morgan fingerprint density at radius 2 is 2.21 bits per heavy atom. The van der Waals surface area contributed by atoms with E-state index in [0.29, 0.717) is 23.5 Å². The highest BCUT2D eigenvalue weighted by molar-refractivity contribution is 5.96. The van der Waals surface area contributed by atoms with Gasteiger partial charge < -0.3 is 9.64 Å². The topological polar surface area (TPSA) is 52.4 Å². The lowest BCUT2D eigenvalue weighted by Gasteiger charge is -2.33. The van der Waals surface area contributed by atoms with E-state index >= 15 is 0 Å². The van der Waals surface area contributed by atoms with Gasteiger partial charge >= 0.3 is 0 Å². The fourth-order valence-electron chi connectivity index (χ4n) is 3.89. The fourth-order valence-corrected chi connectivity index (χ4v) is 3.89. The molecule has 6 heteroatoms. The van der Waals surface area contributed by atoms with E-state index in [9.17, 15) is 9.65 Å². The van der Waals surface area contributed by atoms with Crippen molar-refractivity contribution in [3.05, 3.63) is 35.3 Å². The number of rotatable bonds is 1. The van der Waals surface area contributed by atoms with Gasteiger partial charge in [-0.3, -0.25) is 9.88 Å². The molecule has 1 aromatic carbocycles. The minimum atomic E-state index is -0.303. The maximum absolute atomic E-state index is 14.0. The molecule has 2 aliphatic heterocycles. The lowest BCUT2D eigenvalue weighted by molar-refractivity contribution is -0.0362. The zero-order valence-corrected chi connectivity index (χ0v) is 13.8. The number of aromatic nitrogens is 1. The Morgan fingerprint density at radius 3 is 2.96 bits per heavy atom. The second kappa shape index (κ2) is 5.69. The van der Waals surface area contributed by atoms with E-state index < -0.39 is 0 Å². The van der Waals surface area contributed by atoms with Gasteiger partial charge in [0, 0.05) is 31.2 Å². The van der Waals surface area contributed by atoms with Crippen LogP contribution in [0.1, 0.15) is 11.1 Å². The molecule has 2 saturated heterocycles. The molecule has 0 spiro atoms. The Bertz CT molecular complexity index is 847. The quantitative estimate of drug-likeness (QED) is 0.803. The van der Waals surface area contributed by atoms with Crippen molar-refractivity contribution in [2.75, 3.05) is 38.2 Å². The highest BCUT2D eigenvalue weighted by Crippen LogP contribution is 2.35. The largest absolute Gasteiger partial charge is 0.373 e. The number of halogens is 1. The van der Waals surface area contributed by atoms with Crippen LogP contribution in [0.5, 0.6) is 0 Å². The third-order valence-corrected chi connectivity index (χ3v) is 5.11. The predicted octanol–water partition coefficient (Wildman–Crippen LogP) is 2.07. The van der Waals surface area contributed by atoms with E-state index in [4.69, 9.17) is 4.74 Å². The monoisotopic (exact) mass is 326 g/mol. The zero-order chi connectivity index (χ0) is 16.8. The van der Waals surface area contributed by atoms with Crippen LogP contribution in [0.4, 0.5) is 10.1 Å². The highest BCUT2D eigenvalue weighted by atomic mass is 19.1. The number of morpholine rings is 1. The maximum Gasteiger partial charge on any atom is 0.124 e. The third-order valence-electron chi connectivity index (χ3n) is 5.11. The summed E-state index contributed by atoms with van der Waals surface area (Å²) in [5.41, 5.74) is 2.78. The van der Waals surface area contributed by atoms with Crippen LogP contribution in [0, 0.1) is 24.1 Å². The number of hydrogen-bond donors (Lipinski definition) is 0. The smallest absolute Gasteiger partial charge is 0.124 e. The molecule has 0 N–H and O–H groups in total. The standard InChI is InChI=1S/C18H19FN4O/c1-11-5-13(19)6-14-17(11)21-8-12(7-20)18(14)23-9-15-16(10-23)24-4-3-22(15)2/h5-6,8,15-16H,3-4,9-10H2,1-2H3. The van der Waals surface area contributed by atoms with Crippen molar-refractivity contribution in [1.29, 1.82) is 5.26 Å². The summed E-state index contributed by atoms with van der Waals surface area (Å²) in [7, 11) is 2.10. The first kappa shape index (κ1) is 15.3. The van der Waals surface area contributed by atoms with E-state index in [1.165, 1.54) is 12.1 Å². The van der Waals surface area contributed by atoms with Gasteiger partial charge in [-0.15, -0.1) is 0 Å². The number of benzene rings is 1. The lowest BCUT2D eigenvalue weighted by atomic mass is 10.1. The van der Waals surface area contributed by atoms with Crippen molar-refractivity contribution in [2.45, 2.75) is 19.1 Å². The van der Waals surface area contributed by atoms with Crippen LogP contribution in [0.15, 0.2) is 18.3 Å². The van der Waals surface area contributed by atoms with E-state index in [0.717, 1.165) is 36.5 Å². The maximum atomic E-state index is 14.0. The average Bonchev–Trinajstić information content (AvgIpc) is 2.98. The van der Waals surface area contributed by atoms with Crippen LogP contribution < -0.4 is 4.90 Å². The molecule has 0 amide bonds. The molecular formula is C18H19FN4O. The van der Waals surface area contributed by atoms with Crippen molar-refractivity contribution >= 4 is 16.6 Å². The number of aryl methyl sites for hydroxylation is 1. The Morgan fingerprint density at radius 1 is 1.38 bits per heavy atom. The predicted molar refractivity (Wildman–Crippen MR) is 89.5 cm³/mol. The van der Waals surface area contributed by atoms with Gasteiger partial charge in [0.1, 0.15) is 11.9 Å². The first-order chi connectivity index (χ1) is 11.6. The lowest BCUT2D eigenvalue weighted by Crippen LogP contribution is -2.48. The number of likely N-dealkylation sites (N-methyl/N-ethyl adjacent to an activating group) is 1.